The largest absolute Gasteiger partial charge is 0.339 e. The van der Waals surface area contributed by atoms with Gasteiger partial charge in [0.05, 0.1) is 4.47 Å². The summed E-state index contributed by atoms with van der Waals surface area (Å²) in [5.74, 6) is 5.81. The number of nitrogens with one attached hydrogen (secondary N) is 2. The predicted molar refractivity (Wildman–Crippen MR) is 72.0 cm³/mol. The number of benzene rings is 1. The van der Waals surface area contributed by atoms with Crippen molar-refractivity contribution in [1.82, 2.24) is 9.97 Å². The molecular weight excluding hydrogens is 301 g/mol. The standard InChI is InChI=1S/C11H11BrFN5/c1-6-4-7(13)2-3-9(6)16-10-8(12)5-15-11(17-10)18-14/h2-5H,14H2,1H3,(H2,15,16,17,18). The van der Waals surface area contributed by atoms with E-state index >= 15 is 0 Å². The number of halogens is 2. The summed E-state index contributed by atoms with van der Waals surface area (Å²) in [7, 11) is 0. The van der Waals surface area contributed by atoms with Crippen LogP contribution in [0.25, 0.3) is 0 Å². The molecule has 7 heteroatoms. The van der Waals surface area contributed by atoms with Gasteiger partial charge in [0.1, 0.15) is 11.6 Å². The van der Waals surface area contributed by atoms with E-state index in [0.717, 1.165) is 11.3 Å². The van der Waals surface area contributed by atoms with E-state index in [1.54, 1.807) is 12.3 Å². The Morgan fingerprint density at radius 3 is 2.83 bits per heavy atom. The fraction of sp³-hybridized carbons (Fsp3) is 0.0909. The smallest absolute Gasteiger partial charge is 0.239 e. The zero-order valence-electron chi connectivity index (χ0n) is 9.54. The second-order valence-corrected chi connectivity index (χ2v) is 4.47. The first-order valence-corrected chi connectivity index (χ1v) is 5.92. The van der Waals surface area contributed by atoms with Crippen molar-refractivity contribution >= 4 is 33.4 Å². The third-order valence-electron chi connectivity index (χ3n) is 2.31. The number of hydrazine groups is 1. The van der Waals surface area contributed by atoms with Crippen molar-refractivity contribution in [3.8, 4) is 0 Å². The number of anilines is 3. The van der Waals surface area contributed by atoms with Crippen LogP contribution in [-0.2, 0) is 0 Å². The van der Waals surface area contributed by atoms with E-state index in [1.165, 1.54) is 12.1 Å². The van der Waals surface area contributed by atoms with Gasteiger partial charge in [-0.3, -0.25) is 5.43 Å². The van der Waals surface area contributed by atoms with Gasteiger partial charge in [0, 0.05) is 11.9 Å². The number of aromatic nitrogens is 2. The molecule has 0 radical (unpaired) electrons. The van der Waals surface area contributed by atoms with Gasteiger partial charge in [-0.1, -0.05) is 0 Å². The van der Waals surface area contributed by atoms with Crippen LogP contribution in [0.4, 0.5) is 21.8 Å². The topological polar surface area (TPSA) is 75.9 Å². The lowest BCUT2D eigenvalue weighted by Gasteiger charge is -2.11. The summed E-state index contributed by atoms with van der Waals surface area (Å²) in [4.78, 5) is 8.09. The third-order valence-corrected chi connectivity index (χ3v) is 2.90. The maximum atomic E-state index is 13.0. The van der Waals surface area contributed by atoms with Crippen LogP contribution in [0.1, 0.15) is 5.56 Å². The van der Waals surface area contributed by atoms with Gasteiger partial charge in [0.15, 0.2) is 0 Å². The molecule has 0 bridgehead atoms. The summed E-state index contributed by atoms with van der Waals surface area (Å²) in [5.41, 5.74) is 3.90. The monoisotopic (exact) mass is 311 g/mol. The number of nitrogen functional groups attached to an aromatic ring is 1. The SMILES string of the molecule is Cc1cc(F)ccc1Nc1nc(NN)ncc1Br. The first kappa shape index (κ1) is 12.7. The van der Waals surface area contributed by atoms with Crippen LogP contribution in [0.15, 0.2) is 28.9 Å². The van der Waals surface area contributed by atoms with E-state index < -0.39 is 0 Å². The van der Waals surface area contributed by atoms with E-state index in [4.69, 9.17) is 5.84 Å². The quantitative estimate of drug-likeness (QED) is 0.600. The van der Waals surface area contributed by atoms with Gasteiger partial charge >= 0.3 is 0 Å². The Kier molecular flexibility index (Phi) is 3.73. The Labute approximate surface area is 112 Å². The first-order chi connectivity index (χ1) is 8.60. The van der Waals surface area contributed by atoms with E-state index in [9.17, 15) is 4.39 Å². The number of rotatable bonds is 3. The molecule has 0 spiro atoms. The van der Waals surface area contributed by atoms with Crippen LogP contribution >= 0.6 is 15.9 Å². The van der Waals surface area contributed by atoms with E-state index in [1.807, 2.05) is 6.92 Å². The summed E-state index contributed by atoms with van der Waals surface area (Å²) in [6, 6.07) is 4.47. The molecule has 0 aliphatic heterocycles. The van der Waals surface area contributed by atoms with Gasteiger partial charge in [-0.2, -0.15) is 4.98 Å². The molecule has 0 aliphatic carbocycles. The minimum absolute atomic E-state index is 0.274. The molecular formula is C11H11BrFN5. The Bertz CT molecular complexity index is 575. The minimum Gasteiger partial charge on any atom is -0.339 e. The zero-order chi connectivity index (χ0) is 13.1. The molecule has 0 amide bonds. The van der Waals surface area contributed by atoms with Crippen LogP contribution in [0.5, 0.6) is 0 Å². The number of hydrogen-bond donors (Lipinski definition) is 3. The Morgan fingerprint density at radius 1 is 1.39 bits per heavy atom. The Hall–Kier alpha value is -1.73. The molecule has 1 heterocycles. The van der Waals surface area contributed by atoms with E-state index in [-0.39, 0.29) is 5.82 Å². The van der Waals surface area contributed by atoms with Crippen LogP contribution in [-0.4, -0.2) is 9.97 Å². The summed E-state index contributed by atoms with van der Waals surface area (Å²) in [6.45, 7) is 1.81. The number of nitrogens with zero attached hydrogens (tertiary/aromatic N) is 2. The summed E-state index contributed by atoms with van der Waals surface area (Å²) < 4.78 is 13.7. The lowest BCUT2D eigenvalue weighted by molar-refractivity contribution is 0.627. The summed E-state index contributed by atoms with van der Waals surface area (Å²) >= 11 is 3.33. The lowest BCUT2D eigenvalue weighted by Crippen LogP contribution is -2.11. The maximum absolute atomic E-state index is 13.0. The number of hydrogen-bond acceptors (Lipinski definition) is 5. The molecule has 0 saturated heterocycles. The highest BCUT2D eigenvalue weighted by atomic mass is 79.9. The maximum Gasteiger partial charge on any atom is 0.239 e. The van der Waals surface area contributed by atoms with Crippen molar-refractivity contribution in [2.45, 2.75) is 6.92 Å². The second kappa shape index (κ2) is 5.28. The van der Waals surface area contributed by atoms with Crippen LogP contribution in [0, 0.1) is 12.7 Å². The van der Waals surface area contributed by atoms with Crippen molar-refractivity contribution < 1.29 is 4.39 Å². The molecule has 0 atom stereocenters. The molecule has 0 fully saturated rings. The average Bonchev–Trinajstić information content (AvgIpc) is 2.35. The van der Waals surface area contributed by atoms with Crippen molar-refractivity contribution in [2.24, 2.45) is 5.84 Å². The summed E-state index contributed by atoms with van der Waals surface area (Å²) in [5, 5.41) is 3.08. The van der Waals surface area contributed by atoms with Gasteiger partial charge in [-0.25, -0.2) is 15.2 Å². The lowest BCUT2D eigenvalue weighted by atomic mass is 10.2. The molecule has 1 aromatic carbocycles. The minimum atomic E-state index is -0.274. The Morgan fingerprint density at radius 2 is 2.17 bits per heavy atom. The highest BCUT2D eigenvalue weighted by Gasteiger charge is 2.07. The molecule has 0 aliphatic rings. The second-order valence-electron chi connectivity index (χ2n) is 3.62. The highest BCUT2D eigenvalue weighted by Crippen LogP contribution is 2.26. The molecule has 1 aromatic heterocycles. The normalized spacial score (nSPS) is 10.2. The van der Waals surface area contributed by atoms with Crippen molar-refractivity contribution in [3.63, 3.8) is 0 Å². The van der Waals surface area contributed by atoms with Gasteiger partial charge in [-0.05, 0) is 46.6 Å². The van der Waals surface area contributed by atoms with Gasteiger partial charge in [0.2, 0.25) is 5.95 Å². The molecule has 0 saturated carbocycles. The van der Waals surface area contributed by atoms with Gasteiger partial charge in [-0.15, -0.1) is 0 Å². The van der Waals surface area contributed by atoms with Crippen LogP contribution < -0.4 is 16.6 Å². The van der Waals surface area contributed by atoms with Crippen LogP contribution in [0.2, 0.25) is 0 Å². The van der Waals surface area contributed by atoms with Gasteiger partial charge < -0.3 is 5.32 Å². The van der Waals surface area contributed by atoms with Crippen molar-refractivity contribution in [2.75, 3.05) is 10.7 Å². The molecule has 18 heavy (non-hydrogen) atoms. The molecule has 4 N–H and O–H groups in total. The molecule has 2 rings (SSSR count). The zero-order valence-corrected chi connectivity index (χ0v) is 11.1. The average molecular weight is 312 g/mol. The Balaban J connectivity index is 2.33. The van der Waals surface area contributed by atoms with Crippen molar-refractivity contribution in [1.29, 1.82) is 0 Å². The molecule has 2 aromatic rings. The molecule has 5 nitrogen and oxygen atoms in total. The third kappa shape index (κ3) is 2.74. The number of nitrogens with two attached hydrogens (primary N) is 1. The fourth-order valence-corrected chi connectivity index (χ4v) is 1.71. The predicted octanol–water partition coefficient (Wildman–Crippen LogP) is 2.72. The van der Waals surface area contributed by atoms with Crippen LogP contribution in [0.3, 0.4) is 0 Å². The summed E-state index contributed by atoms with van der Waals surface area (Å²) in [6.07, 6.45) is 1.57. The fourth-order valence-electron chi connectivity index (χ4n) is 1.42. The number of aryl methyl sites for hydroxylation is 1. The first-order valence-electron chi connectivity index (χ1n) is 5.12. The molecule has 0 unspecified atom stereocenters. The highest BCUT2D eigenvalue weighted by molar-refractivity contribution is 9.10. The molecule has 94 valence electrons. The van der Waals surface area contributed by atoms with E-state index in [0.29, 0.717) is 16.2 Å². The van der Waals surface area contributed by atoms with Crippen molar-refractivity contribution in [3.05, 3.63) is 40.2 Å². The van der Waals surface area contributed by atoms with E-state index in [2.05, 4.69) is 36.6 Å². The van der Waals surface area contributed by atoms with Gasteiger partial charge in [0.25, 0.3) is 0 Å².